The second kappa shape index (κ2) is 5.09. The molecule has 3 heteroatoms. The van der Waals surface area contributed by atoms with E-state index in [-0.39, 0.29) is 23.6 Å². The summed E-state index contributed by atoms with van der Waals surface area (Å²) in [6.45, 7) is 6.06. The second-order valence-corrected chi connectivity index (χ2v) is 5.44. The van der Waals surface area contributed by atoms with Crippen LogP contribution in [0.1, 0.15) is 32.6 Å². The van der Waals surface area contributed by atoms with Gasteiger partial charge in [-0.1, -0.05) is 17.7 Å². The van der Waals surface area contributed by atoms with Gasteiger partial charge < -0.3 is 4.74 Å². The molecule has 0 bridgehead atoms. The van der Waals surface area contributed by atoms with Crippen LogP contribution in [0, 0.1) is 17.8 Å². The van der Waals surface area contributed by atoms with Crippen LogP contribution in [0.25, 0.3) is 0 Å². The van der Waals surface area contributed by atoms with E-state index in [0.717, 1.165) is 24.8 Å². The molecule has 1 fully saturated rings. The van der Waals surface area contributed by atoms with Gasteiger partial charge in [-0.05, 0) is 44.1 Å². The highest BCUT2D eigenvalue weighted by atomic mass is 16.5. The number of fused-ring (bicyclic) bond motifs is 1. The first-order valence-corrected chi connectivity index (χ1v) is 6.49. The van der Waals surface area contributed by atoms with E-state index in [4.69, 9.17) is 4.74 Å². The van der Waals surface area contributed by atoms with Crippen molar-refractivity contribution in [2.45, 2.75) is 32.6 Å². The van der Waals surface area contributed by atoms with Crippen LogP contribution in [-0.2, 0) is 14.3 Å². The molecule has 0 aromatic rings. The largest absolute Gasteiger partial charge is 0.469 e. The molecule has 0 heterocycles. The number of esters is 1. The van der Waals surface area contributed by atoms with Gasteiger partial charge in [-0.3, -0.25) is 9.59 Å². The maximum Gasteiger partial charge on any atom is 0.309 e. The summed E-state index contributed by atoms with van der Waals surface area (Å²) >= 11 is 0. The summed E-state index contributed by atoms with van der Waals surface area (Å²) < 4.78 is 4.84. The predicted octanol–water partition coefficient (Wildman–Crippen LogP) is 2.67. The molecule has 0 amide bonds. The third kappa shape index (κ3) is 2.40. The summed E-state index contributed by atoms with van der Waals surface area (Å²) in [5.41, 5.74) is 2.31. The van der Waals surface area contributed by atoms with Crippen molar-refractivity contribution >= 4 is 11.8 Å². The molecule has 0 aliphatic heterocycles. The Morgan fingerprint density at radius 2 is 2.22 bits per heavy atom. The van der Waals surface area contributed by atoms with Gasteiger partial charge in [0.05, 0.1) is 13.0 Å². The van der Waals surface area contributed by atoms with E-state index in [1.165, 1.54) is 12.7 Å². The number of carbonyl (C=O) groups is 2. The number of hydrogen-bond donors (Lipinski definition) is 0. The topological polar surface area (TPSA) is 43.4 Å². The molecule has 0 N–H and O–H groups in total. The van der Waals surface area contributed by atoms with Crippen LogP contribution in [0.2, 0.25) is 0 Å². The van der Waals surface area contributed by atoms with Gasteiger partial charge in [-0.15, -0.1) is 0 Å². The number of ether oxygens (including phenoxy) is 1. The number of methoxy groups -OCH3 is 1. The average molecular weight is 248 g/mol. The fourth-order valence-corrected chi connectivity index (χ4v) is 3.18. The number of ketones is 1. The standard InChI is InChI=1S/C15H20O3/c1-9(2)10-4-5-11-6-12(16)8-14(13(11)7-10)15(17)18-3/h6,10,13-14H,1,4-5,7-8H2,2-3H3/t10-,13?,14?/m1/s1. The fourth-order valence-electron chi connectivity index (χ4n) is 3.18. The Morgan fingerprint density at radius 1 is 1.50 bits per heavy atom. The highest BCUT2D eigenvalue weighted by Crippen LogP contribution is 2.43. The lowest BCUT2D eigenvalue weighted by Crippen LogP contribution is -2.35. The summed E-state index contributed by atoms with van der Waals surface area (Å²) in [6, 6.07) is 0. The van der Waals surface area contributed by atoms with Gasteiger partial charge in [0.15, 0.2) is 5.78 Å². The SMILES string of the molecule is C=C(C)[C@@H]1CCC2=CC(=O)CC(C(=O)OC)C2C1. The van der Waals surface area contributed by atoms with Gasteiger partial charge in [-0.25, -0.2) is 0 Å². The number of hydrogen-bond acceptors (Lipinski definition) is 3. The number of rotatable bonds is 2. The van der Waals surface area contributed by atoms with Crippen molar-refractivity contribution in [2.24, 2.45) is 17.8 Å². The van der Waals surface area contributed by atoms with Gasteiger partial charge in [-0.2, -0.15) is 0 Å². The van der Waals surface area contributed by atoms with Crippen molar-refractivity contribution in [3.8, 4) is 0 Å². The molecule has 3 atom stereocenters. The van der Waals surface area contributed by atoms with Crippen molar-refractivity contribution in [3.63, 3.8) is 0 Å². The fraction of sp³-hybridized carbons (Fsp3) is 0.600. The molecule has 98 valence electrons. The maximum atomic E-state index is 11.8. The zero-order chi connectivity index (χ0) is 13.3. The average Bonchev–Trinajstić information content (AvgIpc) is 2.36. The van der Waals surface area contributed by atoms with Gasteiger partial charge >= 0.3 is 5.97 Å². The van der Waals surface area contributed by atoms with Crippen LogP contribution in [0.15, 0.2) is 23.8 Å². The van der Waals surface area contributed by atoms with E-state index in [1.807, 2.05) is 6.92 Å². The third-order valence-electron chi connectivity index (χ3n) is 4.25. The van der Waals surface area contributed by atoms with Crippen LogP contribution in [0.4, 0.5) is 0 Å². The van der Waals surface area contributed by atoms with Gasteiger partial charge in [0.1, 0.15) is 0 Å². The molecule has 1 saturated carbocycles. The van der Waals surface area contributed by atoms with Crippen LogP contribution >= 0.6 is 0 Å². The Kier molecular flexibility index (Phi) is 3.69. The molecule has 3 nitrogen and oxygen atoms in total. The number of allylic oxidation sites excluding steroid dienone is 3. The van der Waals surface area contributed by atoms with E-state index in [2.05, 4.69) is 6.58 Å². The predicted molar refractivity (Wildman–Crippen MR) is 68.9 cm³/mol. The Morgan fingerprint density at radius 3 is 2.83 bits per heavy atom. The van der Waals surface area contributed by atoms with Crippen molar-refractivity contribution in [3.05, 3.63) is 23.8 Å². The molecule has 2 aliphatic carbocycles. The van der Waals surface area contributed by atoms with E-state index in [9.17, 15) is 9.59 Å². The molecular formula is C15H20O3. The molecular weight excluding hydrogens is 228 g/mol. The van der Waals surface area contributed by atoms with Gasteiger partial charge in [0, 0.05) is 6.42 Å². The second-order valence-electron chi connectivity index (χ2n) is 5.44. The molecule has 0 saturated heterocycles. The zero-order valence-electron chi connectivity index (χ0n) is 11.1. The highest BCUT2D eigenvalue weighted by molar-refractivity contribution is 5.95. The molecule has 2 aliphatic rings. The lowest BCUT2D eigenvalue weighted by Gasteiger charge is -2.37. The van der Waals surface area contributed by atoms with Gasteiger partial charge in [0.2, 0.25) is 0 Å². The molecule has 0 spiro atoms. The minimum Gasteiger partial charge on any atom is -0.469 e. The lowest BCUT2D eigenvalue weighted by atomic mass is 9.66. The summed E-state index contributed by atoms with van der Waals surface area (Å²) in [6.07, 6.45) is 4.91. The van der Waals surface area contributed by atoms with Crippen molar-refractivity contribution in [2.75, 3.05) is 7.11 Å². The zero-order valence-corrected chi connectivity index (χ0v) is 11.1. The Bertz CT molecular complexity index is 419. The third-order valence-corrected chi connectivity index (χ3v) is 4.25. The minimum absolute atomic E-state index is 0.0606. The molecule has 18 heavy (non-hydrogen) atoms. The van der Waals surface area contributed by atoms with E-state index in [0.29, 0.717) is 12.3 Å². The normalized spacial score (nSPS) is 31.3. The Labute approximate surface area is 108 Å². The van der Waals surface area contributed by atoms with E-state index >= 15 is 0 Å². The molecule has 2 unspecified atom stereocenters. The Hall–Kier alpha value is -1.38. The Balaban J connectivity index is 2.24. The molecule has 2 rings (SSSR count). The van der Waals surface area contributed by atoms with E-state index < -0.39 is 0 Å². The molecule has 0 aromatic carbocycles. The smallest absolute Gasteiger partial charge is 0.309 e. The van der Waals surface area contributed by atoms with Crippen LogP contribution < -0.4 is 0 Å². The van der Waals surface area contributed by atoms with Crippen molar-refractivity contribution < 1.29 is 14.3 Å². The van der Waals surface area contributed by atoms with E-state index in [1.54, 1.807) is 6.08 Å². The number of carbonyl (C=O) groups excluding carboxylic acids is 2. The molecule has 0 aromatic heterocycles. The van der Waals surface area contributed by atoms with Crippen molar-refractivity contribution in [1.29, 1.82) is 0 Å². The first kappa shape index (κ1) is 13.1. The lowest BCUT2D eigenvalue weighted by molar-refractivity contribution is -0.149. The summed E-state index contributed by atoms with van der Waals surface area (Å²) in [4.78, 5) is 23.5. The van der Waals surface area contributed by atoms with Crippen LogP contribution in [-0.4, -0.2) is 18.9 Å². The first-order valence-electron chi connectivity index (χ1n) is 6.49. The maximum absolute atomic E-state index is 11.8. The van der Waals surface area contributed by atoms with Crippen molar-refractivity contribution in [1.82, 2.24) is 0 Å². The first-order chi connectivity index (χ1) is 8.52. The monoisotopic (exact) mass is 248 g/mol. The van der Waals surface area contributed by atoms with Crippen LogP contribution in [0.3, 0.4) is 0 Å². The minimum atomic E-state index is -0.287. The highest BCUT2D eigenvalue weighted by Gasteiger charge is 2.40. The van der Waals surface area contributed by atoms with Gasteiger partial charge in [0.25, 0.3) is 0 Å². The molecule has 0 radical (unpaired) electrons. The summed E-state index contributed by atoms with van der Waals surface area (Å²) in [7, 11) is 1.39. The van der Waals surface area contributed by atoms with Crippen LogP contribution in [0.5, 0.6) is 0 Å². The summed E-state index contributed by atoms with van der Waals surface area (Å²) in [5.74, 6) is 0.162. The quantitative estimate of drug-likeness (QED) is 0.557. The summed E-state index contributed by atoms with van der Waals surface area (Å²) in [5, 5.41) is 0.